The van der Waals surface area contributed by atoms with Crippen LogP contribution in [0.25, 0.3) is 21.1 Å². The van der Waals surface area contributed by atoms with Gasteiger partial charge >= 0.3 is 5.97 Å². The van der Waals surface area contributed by atoms with Gasteiger partial charge < -0.3 is 15.8 Å². The van der Waals surface area contributed by atoms with Crippen LogP contribution < -0.4 is 15.8 Å². The van der Waals surface area contributed by atoms with Crippen molar-refractivity contribution in [1.29, 1.82) is 0 Å². The van der Waals surface area contributed by atoms with Crippen molar-refractivity contribution in [3.63, 3.8) is 0 Å². The van der Waals surface area contributed by atoms with Crippen molar-refractivity contribution in [3.05, 3.63) is 95.4 Å². The normalized spacial score (nSPS) is 11.0. The highest BCUT2D eigenvalue weighted by atomic mass is 32.1. The Kier molecular flexibility index (Phi) is 6.79. The average molecular weight is 513 g/mol. The molecule has 5 aromatic rings. The Bertz CT molecular complexity index is 1470. The molecule has 0 bridgehead atoms. The first-order valence-electron chi connectivity index (χ1n) is 11.4. The van der Waals surface area contributed by atoms with E-state index in [0.717, 1.165) is 32.0 Å². The van der Waals surface area contributed by atoms with Gasteiger partial charge in [0, 0.05) is 16.6 Å². The van der Waals surface area contributed by atoms with Crippen molar-refractivity contribution >= 4 is 45.3 Å². The summed E-state index contributed by atoms with van der Waals surface area (Å²) in [6, 6.07) is 24.6. The Morgan fingerprint density at radius 2 is 1.67 bits per heavy atom. The molecule has 180 valence electrons. The summed E-state index contributed by atoms with van der Waals surface area (Å²) < 4.78 is 5.46. The first kappa shape index (κ1) is 23.7. The molecular formula is C28H24N4O2S2. The van der Waals surface area contributed by atoms with Crippen LogP contribution in [0.3, 0.4) is 0 Å². The average Bonchev–Trinajstić information content (AvgIpc) is 3.52. The molecule has 3 N–H and O–H groups in total. The lowest BCUT2D eigenvalue weighted by atomic mass is 10.0. The van der Waals surface area contributed by atoms with Gasteiger partial charge in [0.2, 0.25) is 0 Å². The van der Waals surface area contributed by atoms with E-state index in [0.29, 0.717) is 23.0 Å². The number of ether oxygens (including phenoxy) is 1. The van der Waals surface area contributed by atoms with Crippen LogP contribution in [-0.4, -0.2) is 15.9 Å². The number of anilines is 3. The minimum Gasteiger partial charge on any atom is -0.423 e. The largest absolute Gasteiger partial charge is 0.423 e. The molecule has 0 aliphatic carbocycles. The van der Waals surface area contributed by atoms with E-state index < -0.39 is 0 Å². The number of nitrogens with two attached hydrogens (primary N) is 1. The van der Waals surface area contributed by atoms with E-state index in [1.54, 1.807) is 36.4 Å². The molecule has 0 aliphatic heterocycles. The van der Waals surface area contributed by atoms with E-state index in [1.165, 1.54) is 28.2 Å². The fourth-order valence-electron chi connectivity index (χ4n) is 3.56. The predicted octanol–water partition coefficient (Wildman–Crippen LogP) is 7.60. The quantitative estimate of drug-likeness (QED) is 0.172. The molecular weight excluding hydrogens is 488 g/mol. The Hall–Kier alpha value is -4.01. The maximum absolute atomic E-state index is 12.3. The fourth-order valence-corrected chi connectivity index (χ4v) is 5.39. The molecule has 3 aromatic carbocycles. The van der Waals surface area contributed by atoms with Gasteiger partial charge in [0.15, 0.2) is 5.13 Å². The van der Waals surface area contributed by atoms with Crippen molar-refractivity contribution in [2.24, 2.45) is 0 Å². The fraction of sp³-hybridized carbons (Fsp3) is 0.107. The Morgan fingerprint density at radius 1 is 0.944 bits per heavy atom. The molecule has 0 saturated heterocycles. The van der Waals surface area contributed by atoms with Crippen LogP contribution in [0.4, 0.5) is 16.6 Å². The molecule has 36 heavy (non-hydrogen) atoms. The zero-order valence-electron chi connectivity index (χ0n) is 19.8. The highest BCUT2D eigenvalue weighted by Gasteiger charge is 2.16. The molecule has 2 aromatic heterocycles. The molecule has 5 rings (SSSR count). The SMILES string of the molecule is CC(C)c1ccc(Nc2nc(N)c(-c3nc(-c4ccc(OC(=O)c5ccccc5)cc4)cs3)s2)cc1. The number of benzene rings is 3. The van der Waals surface area contributed by atoms with Crippen LogP contribution in [0.5, 0.6) is 5.75 Å². The maximum Gasteiger partial charge on any atom is 0.343 e. The van der Waals surface area contributed by atoms with Gasteiger partial charge in [0.05, 0.1) is 11.3 Å². The van der Waals surface area contributed by atoms with Crippen molar-refractivity contribution in [2.45, 2.75) is 19.8 Å². The van der Waals surface area contributed by atoms with Gasteiger partial charge in [-0.1, -0.05) is 55.5 Å². The summed E-state index contributed by atoms with van der Waals surface area (Å²) in [5.74, 6) is 1.03. The van der Waals surface area contributed by atoms with Gasteiger partial charge in [-0.15, -0.1) is 11.3 Å². The number of rotatable bonds is 7. The Morgan fingerprint density at radius 3 is 2.36 bits per heavy atom. The third kappa shape index (κ3) is 5.30. The molecule has 0 spiro atoms. The number of hydrogen-bond acceptors (Lipinski definition) is 8. The lowest BCUT2D eigenvalue weighted by Crippen LogP contribution is -2.07. The van der Waals surface area contributed by atoms with Crippen LogP contribution in [0.1, 0.15) is 35.7 Å². The van der Waals surface area contributed by atoms with Gasteiger partial charge in [0.1, 0.15) is 21.5 Å². The van der Waals surface area contributed by atoms with Gasteiger partial charge in [-0.25, -0.2) is 14.8 Å². The van der Waals surface area contributed by atoms with Crippen LogP contribution in [0, 0.1) is 0 Å². The van der Waals surface area contributed by atoms with E-state index in [2.05, 4.69) is 48.4 Å². The van der Waals surface area contributed by atoms with E-state index in [-0.39, 0.29) is 5.97 Å². The second-order valence-electron chi connectivity index (χ2n) is 8.45. The van der Waals surface area contributed by atoms with Crippen LogP contribution in [0.15, 0.2) is 84.2 Å². The molecule has 8 heteroatoms. The standard InChI is InChI=1S/C28H24N4O2S2/c1-17(2)18-8-12-21(13-9-18)30-28-32-25(29)24(36-28)26-31-23(16-35-26)19-10-14-22(15-11-19)34-27(33)20-6-4-3-5-7-20/h3-17H,29H2,1-2H3,(H,30,32). The number of esters is 1. The molecule has 0 atom stereocenters. The summed E-state index contributed by atoms with van der Waals surface area (Å²) in [5, 5.41) is 6.85. The van der Waals surface area contributed by atoms with E-state index in [1.807, 2.05) is 23.6 Å². The third-order valence-electron chi connectivity index (χ3n) is 5.55. The second-order valence-corrected chi connectivity index (χ2v) is 10.3. The molecule has 0 fully saturated rings. The predicted molar refractivity (Wildman–Crippen MR) is 148 cm³/mol. The van der Waals surface area contributed by atoms with Crippen LogP contribution in [0.2, 0.25) is 0 Å². The highest BCUT2D eigenvalue weighted by Crippen LogP contribution is 2.39. The minimum atomic E-state index is -0.389. The number of carbonyl (C=O) groups is 1. The molecule has 0 aliphatic rings. The van der Waals surface area contributed by atoms with Crippen molar-refractivity contribution in [2.75, 3.05) is 11.1 Å². The summed E-state index contributed by atoms with van der Waals surface area (Å²) in [6.07, 6.45) is 0. The Labute approximate surface area is 217 Å². The summed E-state index contributed by atoms with van der Waals surface area (Å²) in [4.78, 5) is 22.4. The van der Waals surface area contributed by atoms with Crippen LogP contribution in [-0.2, 0) is 0 Å². The van der Waals surface area contributed by atoms with E-state index in [9.17, 15) is 4.79 Å². The molecule has 0 amide bonds. The summed E-state index contributed by atoms with van der Waals surface area (Å²) in [6.45, 7) is 4.35. The smallest absolute Gasteiger partial charge is 0.343 e. The number of nitrogens with one attached hydrogen (secondary N) is 1. The number of carbonyl (C=O) groups excluding carboxylic acids is 1. The van der Waals surface area contributed by atoms with Gasteiger partial charge in [0.25, 0.3) is 0 Å². The summed E-state index contributed by atoms with van der Waals surface area (Å²) in [5.41, 5.74) is 10.7. The van der Waals surface area contributed by atoms with Crippen molar-refractivity contribution in [1.82, 2.24) is 9.97 Å². The van der Waals surface area contributed by atoms with E-state index in [4.69, 9.17) is 15.5 Å². The van der Waals surface area contributed by atoms with Gasteiger partial charge in [-0.2, -0.15) is 0 Å². The van der Waals surface area contributed by atoms with Crippen molar-refractivity contribution in [3.8, 4) is 26.9 Å². The first-order chi connectivity index (χ1) is 17.5. The summed E-state index contributed by atoms with van der Waals surface area (Å²) >= 11 is 2.99. The monoisotopic (exact) mass is 512 g/mol. The molecule has 6 nitrogen and oxygen atoms in total. The second kappa shape index (κ2) is 10.3. The number of nitrogens with zero attached hydrogens (tertiary/aromatic N) is 2. The van der Waals surface area contributed by atoms with Gasteiger partial charge in [-0.05, 0) is 60.0 Å². The van der Waals surface area contributed by atoms with Gasteiger partial charge in [-0.3, -0.25) is 0 Å². The summed E-state index contributed by atoms with van der Waals surface area (Å²) in [7, 11) is 0. The zero-order chi connectivity index (χ0) is 25.1. The molecule has 0 saturated carbocycles. The van der Waals surface area contributed by atoms with Crippen LogP contribution >= 0.6 is 22.7 Å². The minimum absolute atomic E-state index is 0.389. The zero-order valence-corrected chi connectivity index (χ0v) is 21.4. The number of thiazole rings is 2. The van der Waals surface area contributed by atoms with Crippen molar-refractivity contribution < 1.29 is 9.53 Å². The first-order valence-corrected chi connectivity index (χ1v) is 13.1. The third-order valence-corrected chi connectivity index (χ3v) is 7.53. The number of aromatic nitrogens is 2. The highest BCUT2D eigenvalue weighted by molar-refractivity contribution is 7.23. The number of nitrogen functional groups attached to an aromatic ring is 1. The Balaban J connectivity index is 1.28. The van der Waals surface area contributed by atoms with E-state index >= 15 is 0 Å². The molecule has 2 heterocycles. The molecule has 0 radical (unpaired) electrons. The maximum atomic E-state index is 12.3. The lowest BCUT2D eigenvalue weighted by molar-refractivity contribution is 0.0735. The topological polar surface area (TPSA) is 90.1 Å². The number of hydrogen-bond donors (Lipinski definition) is 2. The lowest BCUT2D eigenvalue weighted by Gasteiger charge is -2.07. The molecule has 0 unspecified atom stereocenters.